The van der Waals surface area contributed by atoms with Crippen LogP contribution in [0.1, 0.15) is 6.42 Å². The first-order valence-electron chi connectivity index (χ1n) is 2.49. The highest BCUT2D eigenvalue weighted by atomic mass is 16.5. The quantitative estimate of drug-likeness (QED) is 0.296. The Kier molecular flexibility index (Phi) is 3.76. The van der Waals surface area contributed by atoms with Gasteiger partial charge in [0.05, 0.1) is 15.0 Å². The normalized spacial score (nSPS) is 8.56. The van der Waals surface area contributed by atoms with Gasteiger partial charge in [-0.1, -0.05) is 0 Å². The summed E-state index contributed by atoms with van der Waals surface area (Å²) in [6.45, 7) is 0. The summed E-state index contributed by atoms with van der Waals surface area (Å²) < 4.78 is 4.21. The van der Waals surface area contributed by atoms with Crippen LogP contribution in [-0.4, -0.2) is 26.7 Å². The lowest BCUT2D eigenvalue weighted by Gasteiger charge is -1.93. The molecule has 0 aliphatic heterocycles. The first-order chi connectivity index (χ1) is 4.20. The van der Waals surface area contributed by atoms with E-state index in [-0.39, 0.29) is 18.5 Å². The second kappa shape index (κ2) is 4.12. The van der Waals surface area contributed by atoms with Crippen LogP contribution in [0.3, 0.4) is 0 Å². The van der Waals surface area contributed by atoms with Crippen molar-refractivity contribution < 1.29 is 14.3 Å². The van der Waals surface area contributed by atoms with Crippen LogP contribution in [0.5, 0.6) is 0 Å². The average Bonchev–Trinajstić information content (AvgIpc) is 1.87. The zero-order chi connectivity index (χ0) is 7.28. The molecule has 0 aromatic heterocycles. The highest BCUT2D eigenvalue weighted by Gasteiger charge is 2.05. The number of carbonyl (C=O) groups is 2. The zero-order valence-corrected chi connectivity index (χ0v) is 5.22. The molecule has 48 valence electrons. The summed E-state index contributed by atoms with van der Waals surface area (Å²) in [5.41, 5.74) is 0. The van der Waals surface area contributed by atoms with Crippen LogP contribution in [0.15, 0.2) is 0 Å². The number of carbonyl (C=O) groups excluding carboxylic acids is 2. The number of ketones is 1. The third kappa shape index (κ3) is 3.76. The van der Waals surface area contributed by atoms with E-state index in [1.54, 1.807) is 0 Å². The molecule has 0 aromatic rings. The molecular formula is C5H7BO3. The standard InChI is InChI=1S/C5H7BO3/c1-9-5(8)2-4(7)3-6/h2-3H2,1H3. The molecule has 4 heteroatoms. The van der Waals surface area contributed by atoms with Crippen molar-refractivity contribution in [1.82, 2.24) is 0 Å². The highest BCUT2D eigenvalue weighted by molar-refractivity contribution is 6.22. The van der Waals surface area contributed by atoms with Gasteiger partial charge < -0.3 is 4.74 Å². The fraction of sp³-hybridized carbons (Fsp3) is 0.600. The molecule has 0 spiro atoms. The van der Waals surface area contributed by atoms with E-state index in [2.05, 4.69) is 4.74 Å². The Morgan fingerprint density at radius 2 is 2.11 bits per heavy atom. The maximum absolute atomic E-state index is 10.4. The molecule has 9 heavy (non-hydrogen) atoms. The smallest absolute Gasteiger partial charge is 0.312 e. The maximum Gasteiger partial charge on any atom is 0.312 e. The molecule has 0 unspecified atom stereocenters. The summed E-state index contributed by atoms with van der Waals surface area (Å²) in [5.74, 6) is -0.840. The van der Waals surface area contributed by atoms with E-state index >= 15 is 0 Å². The summed E-state index contributed by atoms with van der Waals surface area (Å²) in [5, 5.41) is 0. The van der Waals surface area contributed by atoms with E-state index < -0.39 is 5.97 Å². The minimum Gasteiger partial charge on any atom is -0.469 e. The van der Waals surface area contributed by atoms with E-state index in [1.165, 1.54) is 7.11 Å². The summed E-state index contributed by atoms with van der Waals surface area (Å²) in [4.78, 5) is 20.6. The molecule has 2 radical (unpaired) electrons. The molecule has 0 saturated heterocycles. The van der Waals surface area contributed by atoms with Crippen molar-refractivity contribution >= 4 is 19.6 Å². The Bertz CT molecular complexity index is 107. The Hall–Kier alpha value is -0.795. The molecule has 0 rings (SSSR count). The molecule has 0 saturated carbocycles. The van der Waals surface area contributed by atoms with Crippen molar-refractivity contribution in [3.63, 3.8) is 0 Å². The Balaban J connectivity index is 3.47. The van der Waals surface area contributed by atoms with Gasteiger partial charge in [0, 0.05) is 0 Å². The number of hydrogen-bond acceptors (Lipinski definition) is 3. The number of Topliss-reactive ketones (excluding diaryl/α,β-unsaturated/α-hetero) is 1. The van der Waals surface area contributed by atoms with Gasteiger partial charge in [-0.2, -0.15) is 0 Å². The van der Waals surface area contributed by atoms with Crippen LogP contribution in [0.4, 0.5) is 0 Å². The Morgan fingerprint density at radius 3 is 2.44 bits per heavy atom. The van der Waals surface area contributed by atoms with Crippen molar-refractivity contribution in [2.75, 3.05) is 7.11 Å². The van der Waals surface area contributed by atoms with Gasteiger partial charge in [0.25, 0.3) is 0 Å². The summed E-state index contributed by atoms with van der Waals surface area (Å²) >= 11 is 0. The van der Waals surface area contributed by atoms with Crippen molar-refractivity contribution in [3.05, 3.63) is 0 Å². The number of methoxy groups -OCH3 is 1. The van der Waals surface area contributed by atoms with E-state index in [4.69, 9.17) is 7.85 Å². The molecule has 0 atom stereocenters. The van der Waals surface area contributed by atoms with Crippen molar-refractivity contribution in [1.29, 1.82) is 0 Å². The molecular weight excluding hydrogens is 119 g/mol. The minimum atomic E-state index is -0.537. The summed E-state index contributed by atoms with van der Waals surface area (Å²) in [6.07, 6.45) is -0.317. The number of rotatable bonds is 3. The molecule has 0 bridgehead atoms. The Labute approximate surface area is 54.8 Å². The molecule has 0 aliphatic carbocycles. The van der Waals surface area contributed by atoms with Crippen LogP contribution in [-0.2, 0) is 14.3 Å². The lowest BCUT2D eigenvalue weighted by atomic mass is 9.99. The maximum atomic E-state index is 10.4. The number of ether oxygens (including phenoxy) is 1. The zero-order valence-electron chi connectivity index (χ0n) is 5.22. The number of esters is 1. The molecule has 3 nitrogen and oxygen atoms in total. The number of hydrogen-bond donors (Lipinski definition) is 0. The highest BCUT2D eigenvalue weighted by Crippen LogP contribution is 1.88. The molecule has 0 N–H and O–H groups in total. The minimum absolute atomic E-state index is 0.102. The van der Waals surface area contributed by atoms with Gasteiger partial charge in [-0.25, -0.2) is 0 Å². The van der Waals surface area contributed by atoms with Gasteiger partial charge in [-0.05, 0) is 6.32 Å². The molecule has 0 fully saturated rings. The van der Waals surface area contributed by atoms with Crippen molar-refractivity contribution in [2.45, 2.75) is 12.7 Å². The summed E-state index contributed by atoms with van der Waals surface area (Å²) in [6, 6.07) is 0. The van der Waals surface area contributed by atoms with E-state index in [0.717, 1.165) is 0 Å². The lowest BCUT2D eigenvalue weighted by Crippen LogP contribution is -2.07. The third-order valence-electron chi connectivity index (χ3n) is 0.797. The molecule has 0 aliphatic rings. The van der Waals surface area contributed by atoms with E-state index in [0.29, 0.717) is 0 Å². The van der Waals surface area contributed by atoms with Crippen LogP contribution in [0.2, 0.25) is 6.32 Å². The predicted molar refractivity (Wildman–Crippen MR) is 32.2 cm³/mol. The topological polar surface area (TPSA) is 43.4 Å². The SMILES string of the molecule is [B]CC(=O)CC(=O)OC. The van der Waals surface area contributed by atoms with Crippen LogP contribution in [0.25, 0.3) is 0 Å². The fourth-order valence-corrected chi connectivity index (χ4v) is 0.305. The lowest BCUT2D eigenvalue weighted by molar-refractivity contribution is -0.142. The van der Waals surface area contributed by atoms with Gasteiger partial charge >= 0.3 is 5.97 Å². The van der Waals surface area contributed by atoms with Crippen LogP contribution in [0, 0.1) is 0 Å². The largest absolute Gasteiger partial charge is 0.469 e. The average molecular weight is 126 g/mol. The second-order valence-electron chi connectivity index (χ2n) is 1.50. The molecule has 0 heterocycles. The monoisotopic (exact) mass is 126 g/mol. The van der Waals surface area contributed by atoms with Crippen LogP contribution >= 0.6 is 0 Å². The molecule has 0 aromatic carbocycles. The molecule has 0 amide bonds. The van der Waals surface area contributed by atoms with Gasteiger partial charge in [-0.3, -0.25) is 9.59 Å². The third-order valence-corrected chi connectivity index (χ3v) is 0.797. The van der Waals surface area contributed by atoms with Crippen molar-refractivity contribution in [3.8, 4) is 0 Å². The summed E-state index contributed by atoms with van der Waals surface area (Å²) in [7, 11) is 6.15. The first kappa shape index (κ1) is 8.20. The van der Waals surface area contributed by atoms with E-state index in [9.17, 15) is 9.59 Å². The second-order valence-corrected chi connectivity index (χ2v) is 1.50. The Morgan fingerprint density at radius 1 is 1.56 bits per heavy atom. The van der Waals surface area contributed by atoms with E-state index in [1.807, 2.05) is 0 Å². The first-order valence-corrected chi connectivity index (χ1v) is 2.49. The fourth-order valence-electron chi connectivity index (χ4n) is 0.305. The predicted octanol–water partition coefficient (Wildman–Crippen LogP) is -0.295. The van der Waals surface area contributed by atoms with Gasteiger partial charge in [0.15, 0.2) is 0 Å². The van der Waals surface area contributed by atoms with Crippen LogP contribution < -0.4 is 0 Å². The van der Waals surface area contributed by atoms with Gasteiger partial charge in [0.2, 0.25) is 0 Å². The van der Waals surface area contributed by atoms with Gasteiger partial charge in [0.1, 0.15) is 12.2 Å². The van der Waals surface area contributed by atoms with Crippen molar-refractivity contribution in [2.24, 2.45) is 0 Å². The van der Waals surface area contributed by atoms with Gasteiger partial charge in [-0.15, -0.1) is 0 Å².